The highest BCUT2D eigenvalue weighted by Crippen LogP contribution is 2.30. The number of H-pyrrole nitrogens is 1. The first-order valence-corrected chi connectivity index (χ1v) is 8.22. The Morgan fingerprint density at radius 1 is 1.27 bits per heavy atom. The summed E-state index contributed by atoms with van der Waals surface area (Å²) in [7, 11) is 0. The normalized spacial score (nSPS) is 11.5. The molecule has 0 aliphatic heterocycles. The molecule has 3 heterocycles. The Bertz CT molecular complexity index is 1000. The molecule has 0 unspecified atom stereocenters. The molecule has 110 valence electrons. The molecule has 0 amide bonds. The number of thiazole rings is 1. The van der Waals surface area contributed by atoms with Crippen LogP contribution >= 0.6 is 23.1 Å². The highest BCUT2D eigenvalue weighted by molar-refractivity contribution is 8.00. The summed E-state index contributed by atoms with van der Waals surface area (Å²) in [6.45, 7) is 0. The molecule has 1 aromatic carbocycles. The second-order valence-corrected chi connectivity index (χ2v) is 6.82. The van der Waals surface area contributed by atoms with Crippen LogP contribution in [0, 0.1) is 0 Å². The fourth-order valence-electron chi connectivity index (χ4n) is 2.07. The quantitative estimate of drug-likeness (QED) is 0.556. The Labute approximate surface area is 132 Å². The second kappa shape index (κ2) is 5.11. The molecule has 0 fully saturated rings. The van der Waals surface area contributed by atoms with Crippen LogP contribution in [0.3, 0.4) is 0 Å². The van der Waals surface area contributed by atoms with Gasteiger partial charge >= 0.3 is 0 Å². The van der Waals surface area contributed by atoms with Crippen molar-refractivity contribution in [3.05, 3.63) is 46.4 Å². The van der Waals surface area contributed by atoms with E-state index in [1.807, 2.05) is 24.3 Å². The molecule has 3 N–H and O–H groups in total. The number of nitrogens with two attached hydrogens (primary N) is 1. The van der Waals surface area contributed by atoms with Gasteiger partial charge in [0.05, 0.1) is 15.9 Å². The summed E-state index contributed by atoms with van der Waals surface area (Å²) in [5.41, 5.74) is 6.95. The number of hydrogen-bond acceptors (Lipinski definition) is 7. The smallest absolute Gasteiger partial charge is 0.274 e. The standard InChI is InChI=1S/C13H10N6OS2/c14-11-17-12-15-7(5-10(20)19(12)18-11)6-21-13-16-8-3-1-2-4-9(8)22-13/h1-5H,6H2,(H3,14,15,17,18). The number of anilines is 1. The highest BCUT2D eigenvalue weighted by atomic mass is 32.2. The summed E-state index contributed by atoms with van der Waals surface area (Å²) < 4.78 is 3.32. The molecule has 4 rings (SSSR count). The number of rotatable bonds is 3. The number of para-hydroxylation sites is 1. The van der Waals surface area contributed by atoms with Gasteiger partial charge in [-0.1, -0.05) is 23.9 Å². The van der Waals surface area contributed by atoms with Crippen LogP contribution in [-0.2, 0) is 5.75 Å². The molecule has 4 aromatic rings. The fraction of sp³-hybridized carbons (Fsp3) is 0.0769. The zero-order chi connectivity index (χ0) is 15.1. The van der Waals surface area contributed by atoms with Crippen molar-refractivity contribution in [3.63, 3.8) is 0 Å². The van der Waals surface area contributed by atoms with Gasteiger partial charge in [-0.15, -0.1) is 11.3 Å². The minimum absolute atomic E-state index is 0.167. The van der Waals surface area contributed by atoms with Crippen molar-refractivity contribution >= 4 is 45.0 Å². The van der Waals surface area contributed by atoms with Gasteiger partial charge in [0, 0.05) is 11.8 Å². The summed E-state index contributed by atoms with van der Waals surface area (Å²) in [4.78, 5) is 24.8. The average Bonchev–Trinajstić information content (AvgIpc) is 3.07. The molecule has 22 heavy (non-hydrogen) atoms. The lowest BCUT2D eigenvalue weighted by Crippen LogP contribution is -2.15. The Kier molecular flexibility index (Phi) is 3.09. The minimum Gasteiger partial charge on any atom is -0.368 e. The van der Waals surface area contributed by atoms with Crippen molar-refractivity contribution in [3.8, 4) is 0 Å². The predicted molar refractivity (Wildman–Crippen MR) is 87.2 cm³/mol. The Balaban J connectivity index is 1.61. The second-order valence-electron chi connectivity index (χ2n) is 4.57. The van der Waals surface area contributed by atoms with Crippen molar-refractivity contribution < 1.29 is 0 Å². The summed E-state index contributed by atoms with van der Waals surface area (Å²) in [5, 5.41) is 2.64. The first-order chi connectivity index (χ1) is 10.7. The van der Waals surface area contributed by atoms with Crippen LogP contribution in [0.2, 0.25) is 0 Å². The van der Waals surface area contributed by atoms with Crippen LogP contribution in [0.4, 0.5) is 5.95 Å². The van der Waals surface area contributed by atoms with E-state index in [0.29, 0.717) is 11.4 Å². The molecule has 3 aromatic heterocycles. The number of fused-ring (bicyclic) bond motifs is 2. The Morgan fingerprint density at radius 2 is 2.14 bits per heavy atom. The van der Waals surface area contributed by atoms with Gasteiger partial charge in [-0.3, -0.25) is 9.89 Å². The number of nitrogen functional groups attached to an aromatic ring is 1. The van der Waals surface area contributed by atoms with Gasteiger partial charge in [-0.25, -0.2) is 9.97 Å². The molecular weight excluding hydrogens is 320 g/mol. The van der Waals surface area contributed by atoms with Crippen LogP contribution in [-0.4, -0.2) is 24.6 Å². The third-order valence-corrected chi connectivity index (χ3v) is 5.23. The fourth-order valence-corrected chi connectivity index (χ4v) is 4.03. The summed E-state index contributed by atoms with van der Waals surface area (Å²) in [5.74, 6) is 1.00. The van der Waals surface area contributed by atoms with E-state index in [9.17, 15) is 4.79 Å². The monoisotopic (exact) mass is 330 g/mol. The van der Waals surface area contributed by atoms with Crippen LogP contribution < -0.4 is 11.3 Å². The number of nitrogens with one attached hydrogen (secondary N) is 1. The zero-order valence-corrected chi connectivity index (χ0v) is 12.8. The molecule has 0 saturated heterocycles. The summed E-state index contributed by atoms with van der Waals surface area (Å²) in [6, 6.07) is 9.46. The Hall–Kier alpha value is -2.39. The van der Waals surface area contributed by atoms with E-state index in [-0.39, 0.29) is 17.3 Å². The lowest BCUT2D eigenvalue weighted by Gasteiger charge is -1.98. The van der Waals surface area contributed by atoms with Crippen LogP contribution in [0.15, 0.2) is 39.5 Å². The number of thioether (sulfide) groups is 1. The molecule has 0 aliphatic rings. The van der Waals surface area contributed by atoms with E-state index in [0.717, 1.165) is 14.6 Å². The van der Waals surface area contributed by atoms with Gasteiger partial charge in [0.2, 0.25) is 5.95 Å². The van der Waals surface area contributed by atoms with Gasteiger partial charge in [0.15, 0.2) is 4.34 Å². The van der Waals surface area contributed by atoms with Crippen molar-refractivity contribution in [2.75, 3.05) is 5.73 Å². The molecule has 0 radical (unpaired) electrons. The molecule has 7 nitrogen and oxygen atoms in total. The molecule has 0 bridgehead atoms. The predicted octanol–water partition coefficient (Wildman–Crippen LogP) is 1.90. The lowest BCUT2D eigenvalue weighted by atomic mass is 10.3. The van der Waals surface area contributed by atoms with Gasteiger partial charge in [0.1, 0.15) is 0 Å². The van der Waals surface area contributed by atoms with Gasteiger partial charge < -0.3 is 5.73 Å². The highest BCUT2D eigenvalue weighted by Gasteiger charge is 2.09. The van der Waals surface area contributed by atoms with E-state index in [2.05, 4.69) is 20.1 Å². The van der Waals surface area contributed by atoms with Gasteiger partial charge in [0.25, 0.3) is 11.3 Å². The lowest BCUT2D eigenvalue weighted by molar-refractivity contribution is 0.891. The third-order valence-electron chi connectivity index (χ3n) is 3.02. The van der Waals surface area contributed by atoms with E-state index in [1.54, 1.807) is 23.1 Å². The minimum atomic E-state index is -0.228. The number of aromatic amines is 1. The number of hydrogen-bond donors (Lipinski definition) is 2. The van der Waals surface area contributed by atoms with Crippen molar-refractivity contribution in [1.29, 1.82) is 0 Å². The van der Waals surface area contributed by atoms with E-state index in [4.69, 9.17) is 5.73 Å². The van der Waals surface area contributed by atoms with E-state index in [1.165, 1.54) is 10.6 Å². The number of nitrogens with zero attached hydrogens (tertiary/aromatic N) is 4. The first kappa shape index (κ1) is 13.3. The van der Waals surface area contributed by atoms with Crippen LogP contribution in [0.1, 0.15) is 5.69 Å². The SMILES string of the molecule is Nc1nc2nc(CSc3nc4ccccc4s3)cc(=O)n2[nH]1. The number of aromatic nitrogens is 5. The number of benzene rings is 1. The van der Waals surface area contributed by atoms with E-state index >= 15 is 0 Å². The molecule has 9 heteroatoms. The molecule has 0 spiro atoms. The first-order valence-electron chi connectivity index (χ1n) is 6.41. The molecule has 0 aliphatic carbocycles. The van der Waals surface area contributed by atoms with Gasteiger partial charge in [-0.05, 0) is 12.1 Å². The zero-order valence-electron chi connectivity index (χ0n) is 11.2. The maximum atomic E-state index is 11.9. The van der Waals surface area contributed by atoms with Crippen molar-refractivity contribution in [2.24, 2.45) is 0 Å². The average molecular weight is 330 g/mol. The maximum absolute atomic E-state index is 11.9. The largest absolute Gasteiger partial charge is 0.368 e. The van der Waals surface area contributed by atoms with Crippen LogP contribution in [0.5, 0.6) is 0 Å². The molecule has 0 atom stereocenters. The summed E-state index contributed by atoms with van der Waals surface area (Å²) in [6.07, 6.45) is 0. The van der Waals surface area contributed by atoms with E-state index < -0.39 is 0 Å². The molecular formula is C13H10N6OS2. The Morgan fingerprint density at radius 3 is 3.00 bits per heavy atom. The molecule has 0 saturated carbocycles. The van der Waals surface area contributed by atoms with Crippen molar-refractivity contribution in [2.45, 2.75) is 10.1 Å². The van der Waals surface area contributed by atoms with Gasteiger partial charge in [-0.2, -0.15) is 9.50 Å². The third kappa shape index (κ3) is 2.34. The summed E-state index contributed by atoms with van der Waals surface area (Å²) >= 11 is 3.18. The topological polar surface area (TPSA) is 102 Å². The van der Waals surface area contributed by atoms with Crippen molar-refractivity contribution in [1.82, 2.24) is 24.6 Å². The van der Waals surface area contributed by atoms with Crippen LogP contribution in [0.25, 0.3) is 16.0 Å². The maximum Gasteiger partial charge on any atom is 0.274 e.